The molecule has 0 saturated carbocycles. The second-order valence-corrected chi connectivity index (χ2v) is 7.32. The number of hydrogen-bond donors (Lipinski definition) is 0. The normalized spacial score (nSPS) is 27.9. The van der Waals surface area contributed by atoms with Crippen LogP contribution in [0.4, 0.5) is 5.69 Å². The van der Waals surface area contributed by atoms with Crippen LogP contribution in [0.1, 0.15) is 26.7 Å². The molecule has 22 heavy (non-hydrogen) atoms. The molecule has 1 atom stereocenters. The predicted molar refractivity (Wildman–Crippen MR) is 84.3 cm³/mol. The van der Waals surface area contributed by atoms with Gasteiger partial charge in [0.2, 0.25) is 11.5 Å². The molecule has 0 N–H and O–H groups in total. The van der Waals surface area contributed by atoms with E-state index in [0.29, 0.717) is 17.5 Å². The first-order chi connectivity index (χ1) is 10.3. The van der Waals surface area contributed by atoms with E-state index in [0.717, 1.165) is 0 Å². The van der Waals surface area contributed by atoms with Crippen molar-refractivity contribution in [1.29, 1.82) is 0 Å². The van der Waals surface area contributed by atoms with Crippen molar-refractivity contribution in [2.45, 2.75) is 26.7 Å². The van der Waals surface area contributed by atoms with Crippen LogP contribution in [0.2, 0.25) is 0 Å². The molecule has 1 aliphatic carbocycles. The number of ketones is 2. The maximum Gasteiger partial charge on any atom is 0.283 e. The van der Waals surface area contributed by atoms with Crippen LogP contribution in [0.3, 0.4) is 0 Å². The van der Waals surface area contributed by atoms with Crippen LogP contribution < -0.4 is 4.05 Å². The molecule has 6 heteroatoms. The summed E-state index contributed by atoms with van der Waals surface area (Å²) in [6.45, 7) is 3.59. The van der Waals surface area contributed by atoms with Gasteiger partial charge in [0.05, 0.1) is 6.42 Å². The lowest BCUT2D eigenvalue weighted by molar-refractivity contribution is -0.137. The summed E-state index contributed by atoms with van der Waals surface area (Å²) in [6.07, 6.45) is 0.0818. The topological polar surface area (TPSA) is 74.3 Å². The van der Waals surface area contributed by atoms with Crippen LogP contribution >= 0.6 is 11.9 Å². The van der Waals surface area contributed by atoms with E-state index in [9.17, 15) is 19.6 Å². The standard InChI is InChI=1S/C16H15NO4S/c1-16(2)9-12(18)15(20)14-11(16)8-13(19)22-17(14,21)10-6-4-3-5-7-10/h3-7H,8-9H2,1-2H3. The van der Waals surface area contributed by atoms with Gasteiger partial charge in [-0.15, -0.1) is 0 Å². The van der Waals surface area contributed by atoms with Crippen molar-refractivity contribution in [2.75, 3.05) is 0 Å². The first kappa shape index (κ1) is 15.1. The Morgan fingerprint density at radius 1 is 1.14 bits per heavy atom. The molecule has 0 aromatic heterocycles. The first-order valence-corrected chi connectivity index (χ1v) is 7.73. The van der Waals surface area contributed by atoms with E-state index < -0.39 is 21.0 Å². The second-order valence-electron chi connectivity index (χ2n) is 6.17. The van der Waals surface area contributed by atoms with Crippen LogP contribution in [0.25, 0.3) is 0 Å². The van der Waals surface area contributed by atoms with Crippen LogP contribution in [0.15, 0.2) is 41.6 Å². The lowest BCUT2D eigenvalue weighted by Gasteiger charge is -2.46. The van der Waals surface area contributed by atoms with Crippen molar-refractivity contribution in [3.8, 4) is 0 Å². The maximum absolute atomic E-state index is 13.4. The number of Topliss-reactive ketones (excluding diaryl/α,β-unsaturated/α-hetero) is 2. The van der Waals surface area contributed by atoms with Gasteiger partial charge in [-0.1, -0.05) is 32.0 Å². The molecule has 0 bridgehead atoms. The summed E-state index contributed by atoms with van der Waals surface area (Å²) in [5.74, 6) is -1.32. The molecular weight excluding hydrogens is 302 g/mol. The summed E-state index contributed by atoms with van der Waals surface area (Å²) in [5, 5.41) is 13.1. The Morgan fingerprint density at radius 2 is 1.77 bits per heavy atom. The molecular formula is C16H15NO4S. The molecule has 0 amide bonds. The molecule has 1 heterocycles. The second kappa shape index (κ2) is 4.87. The molecule has 1 aliphatic heterocycles. The Hall–Kier alpha value is -1.76. The maximum atomic E-state index is 13.4. The van der Waals surface area contributed by atoms with Crippen LogP contribution in [0.5, 0.6) is 0 Å². The number of para-hydroxylation sites is 1. The zero-order chi connectivity index (χ0) is 16.1. The van der Waals surface area contributed by atoms with Gasteiger partial charge in [-0.05, 0) is 5.41 Å². The van der Waals surface area contributed by atoms with E-state index in [1.807, 2.05) is 0 Å². The molecule has 0 radical (unpaired) electrons. The monoisotopic (exact) mass is 317 g/mol. The number of hydrogen-bond acceptors (Lipinski definition) is 5. The summed E-state index contributed by atoms with van der Waals surface area (Å²) in [4.78, 5) is 36.5. The summed E-state index contributed by atoms with van der Waals surface area (Å²) < 4.78 is -1.23. The molecule has 1 aromatic rings. The van der Waals surface area contributed by atoms with Gasteiger partial charge in [-0.3, -0.25) is 14.4 Å². The third-order valence-electron chi connectivity index (χ3n) is 4.12. The molecule has 1 unspecified atom stereocenters. The lowest BCUT2D eigenvalue weighted by Crippen LogP contribution is -2.50. The van der Waals surface area contributed by atoms with Crippen LogP contribution in [0, 0.1) is 10.6 Å². The van der Waals surface area contributed by atoms with Crippen molar-refractivity contribution in [2.24, 2.45) is 5.41 Å². The van der Waals surface area contributed by atoms with E-state index in [4.69, 9.17) is 0 Å². The largest absolute Gasteiger partial charge is 0.609 e. The minimum atomic E-state index is -1.23. The smallest absolute Gasteiger partial charge is 0.283 e. The number of carbonyl (C=O) groups excluding carboxylic acids is 3. The van der Waals surface area contributed by atoms with Gasteiger partial charge in [-0.25, -0.2) is 4.05 Å². The quantitative estimate of drug-likeness (QED) is 0.344. The Balaban J connectivity index is 2.29. The first-order valence-electron chi connectivity index (χ1n) is 6.95. The number of hydroxylamine groups is 1. The minimum Gasteiger partial charge on any atom is -0.609 e. The highest BCUT2D eigenvalue weighted by molar-refractivity contribution is 8.13. The van der Waals surface area contributed by atoms with Crippen LogP contribution in [-0.4, -0.2) is 16.7 Å². The van der Waals surface area contributed by atoms with Gasteiger partial charge < -0.3 is 5.21 Å². The number of carbonyl (C=O) groups is 3. The van der Waals surface area contributed by atoms with Crippen molar-refractivity contribution in [1.82, 2.24) is 4.05 Å². The summed E-state index contributed by atoms with van der Waals surface area (Å²) in [5.41, 5.74) is 0.0308. The number of quaternary nitrogens is 1. The number of allylic oxidation sites excluding steroid dienone is 2. The predicted octanol–water partition coefficient (Wildman–Crippen LogP) is 2.89. The third-order valence-corrected chi connectivity index (χ3v) is 5.11. The molecule has 0 saturated heterocycles. The molecule has 114 valence electrons. The van der Waals surface area contributed by atoms with Crippen molar-refractivity contribution in [3.05, 3.63) is 46.8 Å². The van der Waals surface area contributed by atoms with E-state index in [1.54, 1.807) is 44.2 Å². The third kappa shape index (κ3) is 2.15. The Morgan fingerprint density at radius 3 is 2.41 bits per heavy atom. The van der Waals surface area contributed by atoms with Gasteiger partial charge in [0.25, 0.3) is 10.9 Å². The molecule has 2 aliphatic rings. The van der Waals surface area contributed by atoms with Crippen LogP contribution in [-0.2, 0) is 14.4 Å². The molecule has 1 aromatic carbocycles. The Bertz CT molecular complexity index is 723. The minimum absolute atomic E-state index is 0.0391. The van der Waals surface area contributed by atoms with E-state index in [-0.39, 0.29) is 29.3 Å². The van der Waals surface area contributed by atoms with Gasteiger partial charge in [0.15, 0.2) is 11.9 Å². The van der Waals surface area contributed by atoms with Gasteiger partial charge >= 0.3 is 0 Å². The summed E-state index contributed by atoms with van der Waals surface area (Å²) in [6, 6.07) is 8.24. The molecule has 0 spiro atoms. The molecule has 5 nitrogen and oxygen atoms in total. The highest BCUT2D eigenvalue weighted by atomic mass is 32.2. The fraction of sp³-hybridized carbons (Fsp3) is 0.312. The summed E-state index contributed by atoms with van der Waals surface area (Å²) in [7, 11) is 0. The van der Waals surface area contributed by atoms with Gasteiger partial charge in [-0.2, -0.15) is 0 Å². The average molecular weight is 317 g/mol. The van der Waals surface area contributed by atoms with Gasteiger partial charge in [0, 0.05) is 24.1 Å². The highest BCUT2D eigenvalue weighted by Gasteiger charge is 2.52. The van der Waals surface area contributed by atoms with Crippen molar-refractivity contribution in [3.63, 3.8) is 0 Å². The lowest BCUT2D eigenvalue weighted by atomic mass is 9.72. The van der Waals surface area contributed by atoms with Gasteiger partial charge in [0.1, 0.15) is 5.69 Å². The summed E-state index contributed by atoms with van der Waals surface area (Å²) >= 11 is 0.546. The average Bonchev–Trinajstić information content (AvgIpc) is 2.45. The zero-order valence-electron chi connectivity index (χ0n) is 12.3. The fourth-order valence-electron chi connectivity index (χ4n) is 2.98. The number of nitrogens with zero attached hydrogens (tertiary/aromatic N) is 1. The van der Waals surface area contributed by atoms with E-state index in [1.165, 1.54) is 0 Å². The zero-order valence-corrected chi connectivity index (χ0v) is 13.1. The molecule has 3 rings (SSSR count). The van der Waals surface area contributed by atoms with E-state index in [2.05, 4.69) is 0 Å². The van der Waals surface area contributed by atoms with Crippen molar-refractivity contribution >= 4 is 34.3 Å². The SMILES string of the molecule is CC1(C)CC(=O)C(=O)C2=C1CC(=O)S[N+]2([O-])c1ccccc1. The van der Waals surface area contributed by atoms with Crippen molar-refractivity contribution < 1.29 is 14.4 Å². The number of benzene rings is 1. The Kier molecular flexibility index (Phi) is 3.36. The van der Waals surface area contributed by atoms with E-state index >= 15 is 0 Å². The number of rotatable bonds is 1. The highest BCUT2D eigenvalue weighted by Crippen LogP contribution is 2.51. The molecule has 0 fully saturated rings. The fourth-order valence-corrected chi connectivity index (χ4v) is 3.99. The Labute approximate surface area is 132 Å².